The van der Waals surface area contributed by atoms with Crippen LogP contribution in [0.1, 0.15) is 30.4 Å². The van der Waals surface area contributed by atoms with E-state index in [1.165, 1.54) is 5.56 Å². The van der Waals surface area contributed by atoms with Gasteiger partial charge >= 0.3 is 0 Å². The molecule has 0 aliphatic heterocycles. The van der Waals surface area contributed by atoms with E-state index in [0.29, 0.717) is 12.2 Å². The van der Waals surface area contributed by atoms with Gasteiger partial charge in [-0.15, -0.1) is 0 Å². The van der Waals surface area contributed by atoms with Crippen molar-refractivity contribution in [1.82, 2.24) is 0 Å². The van der Waals surface area contributed by atoms with Gasteiger partial charge in [0.15, 0.2) is 0 Å². The van der Waals surface area contributed by atoms with Crippen molar-refractivity contribution in [2.45, 2.75) is 25.7 Å². The van der Waals surface area contributed by atoms with Crippen LogP contribution in [0, 0.1) is 0 Å². The minimum atomic E-state index is 0.0360. The lowest BCUT2D eigenvalue weighted by atomic mass is 9.83. The summed E-state index contributed by atoms with van der Waals surface area (Å²) in [5.41, 5.74) is 2.43. The van der Waals surface area contributed by atoms with E-state index in [9.17, 15) is 4.79 Å². The van der Waals surface area contributed by atoms with Gasteiger partial charge in [0.1, 0.15) is 11.5 Å². The number of ketones is 1. The van der Waals surface area contributed by atoms with Gasteiger partial charge in [-0.1, -0.05) is 13.0 Å². The number of hydrogen-bond acceptors (Lipinski definition) is 2. The third-order valence-electron chi connectivity index (χ3n) is 2.94. The molecule has 0 amide bonds. The van der Waals surface area contributed by atoms with Crippen molar-refractivity contribution in [1.29, 1.82) is 0 Å². The molecule has 1 atom stereocenters. The fraction of sp³-hybridized carbons (Fsp3) is 0.417. The Hall–Kier alpha value is -1.31. The van der Waals surface area contributed by atoms with E-state index < -0.39 is 0 Å². The van der Waals surface area contributed by atoms with E-state index in [1.54, 1.807) is 7.11 Å². The molecule has 0 N–H and O–H groups in total. The molecule has 1 unspecified atom stereocenters. The second-order valence-electron chi connectivity index (χ2n) is 3.75. The molecule has 0 spiro atoms. The monoisotopic (exact) mass is 190 g/mol. The van der Waals surface area contributed by atoms with E-state index in [4.69, 9.17) is 4.74 Å². The minimum Gasteiger partial charge on any atom is -0.497 e. The molecule has 1 aliphatic rings. The van der Waals surface area contributed by atoms with Crippen LogP contribution in [0.5, 0.6) is 5.75 Å². The van der Waals surface area contributed by atoms with Gasteiger partial charge in [0, 0.05) is 12.3 Å². The van der Waals surface area contributed by atoms with Crippen LogP contribution >= 0.6 is 0 Å². The standard InChI is InChI=1S/C12H14O2/c1-8-11-7-10(14-2)5-3-9(11)4-6-12(8)13/h3,5,7-8H,4,6H2,1-2H3. The first-order valence-electron chi connectivity index (χ1n) is 4.92. The first kappa shape index (κ1) is 9.25. The Morgan fingerprint density at radius 3 is 2.86 bits per heavy atom. The SMILES string of the molecule is COc1ccc2c(c1)C(C)C(=O)CC2. The average Bonchev–Trinajstić information content (AvgIpc) is 2.23. The summed E-state index contributed by atoms with van der Waals surface area (Å²) in [4.78, 5) is 11.5. The number of fused-ring (bicyclic) bond motifs is 1. The van der Waals surface area contributed by atoms with Gasteiger partial charge in [-0.3, -0.25) is 4.79 Å². The summed E-state index contributed by atoms with van der Waals surface area (Å²) in [6, 6.07) is 6.01. The molecule has 2 nitrogen and oxygen atoms in total. The summed E-state index contributed by atoms with van der Waals surface area (Å²) < 4.78 is 5.15. The van der Waals surface area contributed by atoms with Gasteiger partial charge in [-0.25, -0.2) is 0 Å². The normalized spacial score (nSPS) is 20.4. The number of rotatable bonds is 1. The highest BCUT2D eigenvalue weighted by Gasteiger charge is 2.23. The topological polar surface area (TPSA) is 26.3 Å². The number of ether oxygens (including phenoxy) is 1. The molecule has 1 aliphatic carbocycles. The van der Waals surface area contributed by atoms with Crippen LogP contribution in [0.3, 0.4) is 0 Å². The van der Waals surface area contributed by atoms with Crippen LogP contribution < -0.4 is 4.74 Å². The third kappa shape index (κ3) is 1.41. The van der Waals surface area contributed by atoms with E-state index in [2.05, 4.69) is 6.07 Å². The maximum Gasteiger partial charge on any atom is 0.140 e. The average molecular weight is 190 g/mol. The highest BCUT2D eigenvalue weighted by molar-refractivity contribution is 5.87. The van der Waals surface area contributed by atoms with E-state index in [-0.39, 0.29) is 5.92 Å². The Morgan fingerprint density at radius 1 is 1.36 bits per heavy atom. The lowest BCUT2D eigenvalue weighted by Gasteiger charge is -2.21. The Bertz CT molecular complexity index is 369. The Balaban J connectivity index is 2.46. The van der Waals surface area contributed by atoms with Crippen molar-refractivity contribution in [2.75, 3.05) is 7.11 Å². The molecule has 2 rings (SSSR count). The zero-order chi connectivity index (χ0) is 10.1. The van der Waals surface area contributed by atoms with Crippen LogP contribution in [-0.2, 0) is 11.2 Å². The molecule has 0 aromatic heterocycles. The zero-order valence-corrected chi connectivity index (χ0v) is 8.54. The lowest BCUT2D eigenvalue weighted by molar-refractivity contribution is -0.120. The number of carbonyl (C=O) groups is 1. The van der Waals surface area contributed by atoms with Crippen LogP contribution in [0.25, 0.3) is 0 Å². The molecule has 0 heterocycles. The Morgan fingerprint density at radius 2 is 2.14 bits per heavy atom. The van der Waals surface area contributed by atoms with Gasteiger partial charge in [0.2, 0.25) is 0 Å². The molecule has 0 fully saturated rings. The first-order chi connectivity index (χ1) is 6.72. The smallest absolute Gasteiger partial charge is 0.140 e. The zero-order valence-electron chi connectivity index (χ0n) is 8.54. The molecule has 0 bridgehead atoms. The largest absolute Gasteiger partial charge is 0.497 e. The van der Waals surface area contributed by atoms with Crippen LogP contribution in [0.4, 0.5) is 0 Å². The van der Waals surface area contributed by atoms with Gasteiger partial charge in [0.25, 0.3) is 0 Å². The van der Waals surface area contributed by atoms with Crippen molar-refractivity contribution in [3.63, 3.8) is 0 Å². The van der Waals surface area contributed by atoms with Crippen LogP contribution in [0.2, 0.25) is 0 Å². The highest BCUT2D eigenvalue weighted by atomic mass is 16.5. The second-order valence-corrected chi connectivity index (χ2v) is 3.75. The Labute approximate surface area is 83.9 Å². The van der Waals surface area contributed by atoms with Gasteiger partial charge in [-0.2, -0.15) is 0 Å². The second kappa shape index (κ2) is 3.45. The van der Waals surface area contributed by atoms with Gasteiger partial charge in [0.05, 0.1) is 7.11 Å². The van der Waals surface area contributed by atoms with Gasteiger partial charge in [-0.05, 0) is 29.7 Å². The molecule has 14 heavy (non-hydrogen) atoms. The summed E-state index contributed by atoms with van der Waals surface area (Å²) in [5, 5.41) is 0. The third-order valence-corrected chi connectivity index (χ3v) is 2.94. The van der Waals surface area contributed by atoms with Crippen molar-refractivity contribution >= 4 is 5.78 Å². The van der Waals surface area contributed by atoms with E-state index in [0.717, 1.165) is 17.7 Å². The first-order valence-corrected chi connectivity index (χ1v) is 4.92. The van der Waals surface area contributed by atoms with Crippen molar-refractivity contribution < 1.29 is 9.53 Å². The minimum absolute atomic E-state index is 0.0360. The maximum absolute atomic E-state index is 11.5. The molecule has 74 valence electrons. The summed E-state index contributed by atoms with van der Waals surface area (Å²) in [5.74, 6) is 1.21. The molecule has 0 saturated heterocycles. The van der Waals surface area contributed by atoms with Crippen molar-refractivity contribution in [2.24, 2.45) is 0 Å². The summed E-state index contributed by atoms with van der Waals surface area (Å²) in [7, 11) is 1.65. The molecule has 1 aromatic carbocycles. The molecular weight excluding hydrogens is 176 g/mol. The van der Waals surface area contributed by atoms with E-state index >= 15 is 0 Å². The van der Waals surface area contributed by atoms with Gasteiger partial charge < -0.3 is 4.74 Å². The number of hydrogen-bond donors (Lipinski definition) is 0. The highest BCUT2D eigenvalue weighted by Crippen LogP contribution is 2.31. The fourth-order valence-electron chi connectivity index (χ4n) is 1.98. The van der Waals surface area contributed by atoms with Crippen LogP contribution in [0.15, 0.2) is 18.2 Å². The number of aryl methyl sites for hydroxylation is 1. The summed E-state index contributed by atoms with van der Waals surface area (Å²) >= 11 is 0. The summed E-state index contributed by atoms with van der Waals surface area (Å²) in [6.07, 6.45) is 1.56. The fourth-order valence-corrected chi connectivity index (χ4v) is 1.98. The molecular formula is C12H14O2. The van der Waals surface area contributed by atoms with E-state index in [1.807, 2.05) is 19.1 Å². The number of methoxy groups -OCH3 is 1. The molecule has 0 radical (unpaired) electrons. The van der Waals surface area contributed by atoms with Crippen LogP contribution in [-0.4, -0.2) is 12.9 Å². The predicted octanol–water partition coefficient (Wildman–Crippen LogP) is 2.31. The molecule has 1 aromatic rings. The van der Waals surface area contributed by atoms with Crippen molar-refractivity contribution in [3.05, 3.63) is 29.3 Å². The molecule has 0 saturated carbocycles. The maximum atomic E-state index is 11.5. The predicted molar refractivity (Wildman–Crippen MR) is 54.7 cm³/mol. The quantitative estimate of drug-likeness (QED) is 0.679. The number of Topliss-reactive ketones (excluding diaryl/α,β-unsaturated/α-hetero) is 1. The number of carbonyl (C=O) groups excluding carboxylic acids is 1. The Kier molecular flexibility index (Phi) is 2.28. The summed E-state index contributed by atoms with van der Waals surface area (Å²) in [6.45, 7) is 1.97. The number of benzene rings is 1. The molecule has 2 heteroatoms. The van der Waals surface area contributed by atoms with Crippen molar-refractivity contribution in [3.8, 4) is 5.75 Å². The lowest BCUT2D eigenvalue weighted by Crippen LogP contribution is -2.17.